The van der Waals surface area contributed by atoms with Crippen molar-refractivity contribution in [1.82, 2.24) is 20.8 Å². The zero-order valence-corrected chi connectivity index (χ0v) is 19.1. The van der Waals surface area contributed by atoms with Crippen molar-refractivity contribution in [3.8, 4) is 11.1 Å². The van der Waals surface area contributed by atoms with Gasteiger partial charge in [0.15, 0.2) is 0 Å². The van der Waals surface area contributed by atoms with Crippen LogP contribution in [0.5, 0.6) is 0 Å². The third kappa shape index (κ3) is 6.94. The maximum Gasteiger partial charge on any atom is 0.276 e. The van der Waals surface area contributed by atoms with Crippen LogP contribution in [0.25, 0.3) is 11.1 Å². The Balaban J connectivity index is 1.27. The SMILES string of the molecule is O=C(NO)c1ccc(CNc2ccc(-c3ccc(CC(O)NCc4ccccc4)nc3)cc2)nc1. The molecule has 4 aromatic rings. The minimum absolute atomic E-state index is 0.290. The van der Waals surface area contributed by atoms with Crippen molar-refractivity contribution >= 4 is 11.6 Å². The molecule has 0 radical (unpaired) electrons. The summed E-state index contributed by atoms with van der Waals surface area (Å²) >= 11 is 0. The van der Waals surface area contributed by atoms with Crippen LogP contribution in [0.15, 0.2) is 91.3 Å². The van der Waals surface area contributed by atoms with Gasteiger partial charge in [0.25, 0.3) is 5.91 Å². The van der Waals surface area contributed by atoms with E-state index in [1.807, 2.05) is 72.9 Å². The highest BCUT2D eigenvalue weighted by Gasteiger charge is 2.08. The number of anilines is 1. The van der Waals surface area contributed by atoms with Crippen molar-refractivity contribution in [1.29, 1.82) is 0 Å². The maximum absolute atomic E-state index is 11.4. The van der Waals surface area contributed by atoms with Gasteiger partial charge in [-0.05, 0) is 41.5 Å². The van der Waals surface area contributed by atoms with Crippen molar-refractivity contribution in [3.63, 3.8) is 0 Å². The summed E-state index contributed by atoms with van der Waals surface area (Å²) < 4.78 is 0. The van der Waals surface area contributed by atoms with E-state index in [0.29, 0.717) is 19.5 Å². The van der Waals surface area contributed by atoms with E-state index < -0.39 is 12.1 Å². The highest BCUT2D eigenvalue weighted by molar-refractivity contribution is 5.92. The van der Waals surface area contributed by atoms with Crippen LogP contribution < -0.4 is 16.1 Å². The van der Waals surface area contributed by atoms with Gasteiger partial charge in [0.1, 0.15) is 6.23 Å². The summed E-state index contributed by atoms with van der Waals surface area (Å²) in [6.07, 6.45) is 2.99. The molecule has 35 heavy (non-hydrogen) atoms. The first-order valence-corrected chi connectivity index (χ1v) is 11.2. The highest BCUT2D eigenvalue weighted by atomic mass is 16.5. The molecule has 8 nitrogen and oxygen atoms in total. The van der Waals surface area contributed by atoms with Gasteiger partial charge in [-0.15, -0.1) is 0 Å². The van der Waals surface area contributed by atoms with Crippen LogP contribution in [0.2, 0.25) is 0 Å². The number of rotatable bonds is 10. The number of nitrogens with one attached hydrogen (secondary N) is 3. The van der Waals surface area contributed by atoms with E-state index in [2.05, 4.69) is 20.6 Å². The van der Waals surface area contributed by atoms with E-state index in [0.717, 1.165) is 33.8 Å². The van der Waals surface area contributed by atoms with E-state index in [4.69, 9.17) is 5.21 Å². The van der Waals surface area contributed by atoms with E-state index in [9.17, 15) is 9.90 Å². The van der Waals surface area contributed by atoms with Gasteiger partial charge in [-0.25, -0.2) is 5.48 Å². The molecule has 0 saturated heterocycles. The lowest BCUT2D eigenvalue weighted by molar-refractivity contribution is 0.0706. The molecule has 0 aliphatic heterocycles. The Kier molecular flexibility index (Phi) is 8.13. The first-order chi connectivity index (χ1) is 17.1. The van der Waals surface area contributed by atoms with Crippen molar-refractivity contribution in [2.24, 2.45) is 0 Å². The predicted octanol–water partition coefficient (Wildman–Crippen LogP) is 3.53. The van der Waals surface area contributed by atoms with Crippen LogP contribution in [0.4, 0.5) is 5.69 Å². The van der Waals surface area contributed by atoms with Crippen LogP contribution >= 0.6 is 0 Å². The van der Waals surface area contributed by atoms with Gasteiger partial charge in [-0.3, -0.25) is 25.3 Å². The van der Waals surface area contributed by atoms with E-state index in [1.54, 1.807) is 17.6 Å². The van der Waals surface area contributed by atoms with E-state index in [-0.39, 0.29) is 5.56 Å². The summed E-state index contributed by atoms with van der Waals surface area (Å²) in [7, 11) is 0. The quantitative estimate of drug-likeness (QED) is 0.137. The fourth-order valence-corrected chi connectivity index (χ4v) is 3.52. The number of amides is 1. The normalized spacial score (nSPS) is 11.6. The molecule has 5 N–H and O–H groups in total. The second-order valence-corrected chi connectivity index (χ2v) is 8.03. The second kappa shape index (κ2) is 11.8. The Morgan fingerprint density at radius 1 is 0.800 bits per heavy atom. The Bertz CT molecular complexity index is 1210. The number of nitrogens with zero attached hydrogens (tertiary/aromatic N) is 2. The molecule has 2 heterocycles. The highest BCUT2D eigenvalue weighted by Crippen LogP contribution is 2.21. The molecule has 1 unspecified atom stereocenters. The molecule has 1 atom stereocenters. The van der Waals surface area contributed by atoms with Crippen LogP contribution in [-0.4, -0.2) is 32.4 Å². The third-order valence-electron chi connectivity index (χ3n) is 5.49. The average Bonchev–Trinajstić information content (AvgIpc) is 2.92. The van der Waals surface area contributed by atoms with Crippen LogP contribution in [0.1, 0.15) is 27.3 Å². The van der Waals surface area contributed by atoms with Gasteiger partial charge in [0, 0.05) is 42.3 Å². The van der Waals surface area contributed by atoms with Gasteiger partial charge in [0.2, 0.25) is 0 Å². The lowest BCUT2D eigenvalue weighted by atomic mass is 10.1. The number of hydroxylamine groups is 1. The summed E-state index contributed by atoms with van der Waals surface area (Å²) in [5.41, 5.74) is 7.54. The number of pyridine rings is 2. The van der Waals surface area contributed by atoms with Crippen LogP contribution in [0, 0.1) is 0 Å². The molecular weight excluding hydrogens is 442 g/mol. The molecule has 1 amide bonds. The van der Waals surface area contributed by atoms with Gasteiger partial charge < -0.3 is 10.4 Å². The molecule has 0 bridgehead atoms. The van der Waals surface area contributed by atoms with Crippen LogP contribution in [-0.2, 0) is 19.5 Å². The number of hydrogen-bond donors (Lipinski definition) is 5. The minimum Gasteiger partial charge on any atom is -0.379 e. The van der Waals surface area contributed by atoms with Gasteiger partial charge in [-0.1, -0.05) is 48.5 Å². The molecule has 8 heteroatoms. The lowest BCUT2D eigenvalue weighted by Crippen LogP contribution is -2.30. The average molecular weight is 470 g/mol. The number of hydrogen-bond acceptors (Lipinski definition) is 7. The Labute approximate surface area is 203 Å². The number of aliphatic hydroxyl groups excluding tert-OH is 1. The van der Waals surface area contributed by atoms with E-state index in [1.165, 1.54) is 6.20 Å². The van der Waals surface area contributed by atoms with Crippen LogP contribution in [0.3, 0.4) is 0 Å². The van der Waals surface area contributed by atoms with Gasteiger partial charge in [0.05, 0.1) is 17.8 Å². The smallest absolute Gasteiger partial charge is 0.276 e. The molecule has 0 spiro atoms. The maximum atomic E-state index is 11.4. The summed E-state index contributed by atoms with van der Waals surface area (Å²) in [5, 5.41) is 25.3. The topological polar surface area (TPSA) is 119 Å². The summed E-state index contributed by atoms with van der Waals surface area (Å²) in [4.78, 5) is 20.1. The number of benzene rings is 2. The van der Waals surface area contributed by atoms with Gasteiger partial charge in [-0.2, -0.15) is 0 Å². The summed E-state index contributed by atoms with van der Waals surface area (Å²) in [5.74, 6) is -0.592. The predicted molar refractivity (Wildman–Crippen MR) is 133 cm³/mol. The van der Waals surface area contributed by atoms with Crippen molar-refractivity contribution in [2.75, 3.05) is 5.32 Å². The van der Waals surface area contributed by atoms with Gasteiger partial charge >= 0.3 is 0 Å². The first kappa shape index (κ1) is 24.0. The monoisotopic (exact) mass is 469 g/mol. The zero-order valence-electron chi connectivity index (χ0n) is 19.1. The first-order valence-electron chi connectivity index (χ1n) is 11.2. The number of aromatic nitrogens is 2. The van der Waals surface area contributed by atoms with E-state index >= 15 is 0 Å². The fraction of sp³-hybridized carbons (Fsp3) is 0.148. The molecule has 2 aromatic carbocycles. The van der Waals surface area contributed by atoms with Crippen molar-refractivity contribution in [3.05, 3.63) is 114 Å². The minimum atomic E-state index is -0.670. The van der Waals surface area contributed by atoms with Crippen molar-refractivity contribution in [2.45, 2.75) is 25.7 Å². The molecule has 0 fully saturated rings. The molecule has 0 aliphatic carbocycles. The number of aliphatic hydroxyl groups is 1. The molecule has 4 rings (SSSR count). The largest absolute Gasteiger partial charge is 0.379 e. The molecule has 0 aliphatic rings. The lowest BCUT2D eigenvalue weighted by Gasteiger charge is -2.13. The molecule has 2 aromatic heterocycles. The Morgan fingerprint density at radius 2 is 1.51 bits per heavy atom. The van der Waals surface area contributed by atoms with Crippen molar-refractivity contribution < 1.29 is 15.1 Å². The molecule has 178 valence electrons. The summed E-state index contributed by atoms with van der Waals surface area (Å²) in [6.45, 7) is 1.10. The zero-order chi connectivity index (χ0) is 24.5. The fourth-order valence-electron chi connectivity index (χ4n) is 3.52. The number of carbonyl (C=O) groups excluding carboxylic acids is 1. The standard InChI is InChI=1S/C27H27N5O3/c33-26(31-15-19-4-2-1-3-5-19)14-24-12-8-21(16-28-24)20-6-10-23(11-7-20)30-18-25-13-9-22(17-29-25)27(34)32-35/h1-13,16-17,26,30-31,33,35H,14-15,18H2,(H,32,34). The molecule has 0 saturated carbocycles. The number of carbonyl (C=O) groups is 1. The molecular formula is C27H27N5O3. The summed E-state index contributed by atoms with van der Waals surface area (Å²) in [6, 6.07) is 25.2. The Morgan fingerprint density at radius 3 is 2.17 bits per heavy atom. The Hall–Kier alpha value is -4.11. The third-order valence-corrected chi connectivity index (χ3v) is 5.49. The second-order valence-electron chi connectivity index (χ2n) is 8.03.